The summed E-state index contributed by atoms with van der Waals surface area (Å²) in [7, 11) is 1.60. The van der Waals surface area contributed by atoms with Crippen LogP contribution in [0.1, 0.15) is 5.56 Å². The van der Waals surface area contributed by atoms with E-state index in [1.54, 1.807) is 7.11 Å². The number of piperazine rings is 1. The summed E-state index contributed by atoms with van der Waals surface area (Å²) in [5.41, 5.74) is 7.32. The van der Waals surface area contributed by atoms with Crippen molar-refractivity contribution in [2.45, 2.75) is 6.42 Å². The number of ether oxygens (including phenoxy) is 1. The summed E-state index contributed by atoms with van der Waals surface area (Å²) in [4.78, 5) is 28.0. The molecule has 148 valence electrons. The number of methoxy groups -OCH3 is 1. The molecule has 1 saturated heterocycles. The van der Waals surface area contributed by atoms with E-state index in [0.717, 1.165) is 5.56 Å². The van der Waals surface area contributed by atoms with Crippen LogP contribution in [-0.4, -0.2) is 74.6 Å². The van der Waals surface area contributed by atoms with E-state index in [1.165, 1.54) is 0 Å². The Morgan fingerprint density at radius 2 is 1.73 bits per heavy atom. The van der Waals surface area contributed by atoms with E-state index in [0.29, 0.717) is 58.0 Å². The molecule has 2 rings (SSSR count). The summed E-state index contributed by atoms with van der Waals surface area (Å²) >= 11 is 0. The average Bonchev–Trinajstić information content (AvgIpc) is 2.58. The molecule has 9 heteroatoms. The second kappa shape index (κ2) is 12.8. The molecule has 0 bridgehead atoms. The Morgan fingerprint density at radius 3 is 2.31 bits per heavy atom. The molecule has 1 aromatic rings. The molecule has 1 aliphatic heterocycles. The van der Waals surface area contributed by atoms with Crippen molar-refractivity contribution < 1.29 is 14.3 Å². The summed E-state index contributed by atoms with van der Waals surface area (Å²) in [5, 5.41) is 2.81. The summed E-state index contributed by atoms with van der Waals surface area (Å²) in [6.45, 7) is 4.13. The number of nitrogens with zero attached hydrogens (tertiary/aromatic N) is 2. The number of anilines is 1. The van der Waals surface area contributed by atoms with Gasteiger partial charge in [-0.25, -0.2) is 0 Å². The lowest BCUT2D eigenvalue weighted by atomic mass is 10.1. The minimum Gasteiger partial charge on any atom is -0.399 e. The number of nitrogens with one attached hydrogen (secondary N) is 1. The maximum atomic E-state index is 12.3. The van der Waals surface area contributed by atoms with Crippen molar-refractivity contribution in [3.05, 3.63) is 29.8 Å². The van der Waals surface area contributed by atoms with E-state index in [4.69, 9.17) is 10.5 Å². The number of rotatable bonds is 7. The Bertz CT molecular complexity index is 549. The van der Waals surface area contributed by atoms with Gasteiger partial charge in [-0.2, -0.15) is 0 Å². The average molecular weight is 407 g/mol. The zero-order chi connectivity index (χ0) is 17.4. The van der Waals surface area contributed by atoms with E-state index in [-0.39, 0.29) is 36.6 Å². The minimum atomic E-state index is -0.00583. The van der Waals surface area contributed by atoms with E-state index >= 15 is 0 Å². The third kappa shape index (κ3) is 8.23. The molecule has 0 aliphatic carbocycles. The monoisotopic (exact) mass is 406 g/mol. The van der Waals surface area contributed by atoms with Crippen LogP contribution < -0.4 is 11.1 Å². The van der Waals surface area contributed by atoms with Crippen LogP contribution in [-0.2, 0) is 20.7 Å². The van der Waals surface area contributed by atoms with Crippen molar-refractivity contribution in [3.63, 3.8) is 0 Å². The lowest BCUT2D eigenvalue weighted by Gasteiger charge is -2.34. The van der Waals surface area contributed by atoms with Crippen LogP contribution in [0.5, 0.6) is 0 Å². The zero-order valence-electron chi connectivity index (χ0n) is 15.0. The second-order valence-corrected chi connectivity index (χ2v) is 5.92. The first-order valence-corrected chi connectivity index (χ1v) is 8.18. The van der Waals surface area contributed by atoms with Crippen molar-refractivity contribution in [1.82, 2.24) is 15.1 Å². The van der Waals surface area contributed by atoms with Crippen LogP contribution in [0.15, 0.2) is 24.3 Å². The second-order valence-electron chi connectivity index (χ2n) is 5.92. The highest BCUT2D eigenvalue weighted by atomic mass is 35.5. The van der Waals surface area contributed by atoms with Crippen molar-refractivity contribution >= 4 is 42.3 Å². The first kappa shape index (κ1) is 24.5. The van der Waals surface area contributed by atoms with Gasteiger partial charge in [0.1, 0.15) is 0 Å². The fraction of sp³-hybridized carbons (Fsp3) is 0.529. The standard InChI is InChI=1S/C17H26N4O3.2ClH/c1-24-11-6-19-16(22)13-20-7-9-21(10-8-20)17(23)12-14-2-4-15(18)5-3-14;;/h2-5H,6-13,18H2,1H3,(H,19,22);2*1H. The van der Waals surface area contributed by atoms with Gasteiger partial charge in [-0.1, -0.05) is 12.1 Å². The molecular weight excluding hydrogens is 379 g/mol. The number of amides is 2. The lowest BCUT2D eigenvalue weighted by molar-refractivity contribution is -0.132. The number of carbonyl (C=O) groups excluding carboxylic acids is 2. The van der Waals surface area contributed by atoms with Gasteiger partial charge in [-0.15, -0.1) is 24.8 Å². The molecule has 0 radical (unpaired) electrons. The topological polar surface area (TPSA) is 87.9 Å². The first-order chi connectivity index (χ1) is 11.6. The fourth-order valence-electron chi connectivity index (χ4n) is 2.63. The number of nitrogens with two attached hydrogens (primary N) is 1. The molecule has 1 aromatic carbocycles. The van der Waals surface area contributed by atoms with Gasteiger partial charge in [-0.05, 0) is 17.7 Å². The van der Waals surface area contributed by atoms with E-state index < -0.39 is 0 Å². The Kier molecular flexibility index (Phi) is 12.0. The number of halogens is 2. The Labute approximate surface area is 167 Å². The van der Waals surface area contributed by atoms with Gasteiger partial charge < -0.3 is 20.7 Å². The van der Waals surface area contributed by atoms with Crippen LogP contribution in [0.3, 0.4) is 0 Å². The molecule has 26 heavy (non-hydrogen) atoms. The maximum absolute atomic E-state index is 12.3. The lowest BCUT2D eigenvalue weighted by Crippen LogP contribution is -2.51. The van der Waals surface area contributed by atoms with Crippen LogP contribution in [0.2, 0.25) is 0 Å². The number of carbonyl (C=O) groups is 2. The quantitative estimate of drug-likeness (QED) is 0.510. The molecule has 7 nitrogen and oxygen atoms in total. The fourth-order valence-corrected chi connectivity index (χ4v) is 2.63. The molecule has 0 aromatic heterocycles. The highest BCUT2D eigenvalue weighted by molar-refractivity contribution is 5.85. The smallest absolute Gasteiger partial charge is 0.234 e. The predicted molar refractivity (Wildman–Crippen MR) is 107 cm³/mol. The number of benzene rings is 1. The summed E-state index contributed by atoms with van der Waals surface area (Å²) < 4.78 is 4.90. The Morgan fingerprint density at radius 1 is 1.12 bits per heavy atom. The minimum absolute atomic E-state index is 0. The van der Waals surface area contributed by atoms with E-state index in [2.05, 4.69) is 10.2 Å². The van der Waals surface area contributed by atoms with Crippen molar-refractivity contribution in [1.29, 1.82) is 0 Å². The van der Waals surface area contributed by atoms with Gasteiger partial charge in [-0.3, -0.25) is 14.5 Å². The Balaban J connectivity index is 0.00000312. The van der Waals surface area contributed by atoms with Gasteiger partial charge >= 0.3 is 0 Å². The molecule has 1 heterocycles. The van der Waals surface area contributed by atoms with Gasteiger partial charge in [0.05, 0.1) is 19.6 Å². The maximum Gasteiger partial charge on any atom is 0.234 e. The molecule has 0 atom stereocenters. The molecule has 0 saturated carbocycles. The van der Waals surface area contributed by atoms with Gasteiger partial charge in [0, 0.05) is 45.5 Å². The van der Waals surface area contributed by atoms with Crippen LogP contribution in [0, 0.1) is 0 Å². The van der Waals surface area contributed by atoms with Crippen LogP contribution >= 0.6 is 24.8 Å². The molecule has 0 unspecified atom stereocenters. The zero-order valence-corrected chi connectivity index (χ0v) is 16.6. The number of nitrogen functional groups attached to an aromatic ring is 1. The summed E-state index contributed by atoms with van der Waals surface area (Å²) in [6.07, 6.45) is 0.387. The summed E-state index contributed by atoms with van der Waals surface area (Å²) in [6, 6.07) is 7.38. The highest BCUT2D eigenvalue weighted by Crippen LogP contribution is 2.09. The highest BCUT2D eigenvalue weighted by Gasteiger charge is 2.22. The predicted octanol–water partition coefficient (Wildman–Crippen LogP) is 0.562. The molecular formula is C17H28Cl2N4O3. The van der Waals surface area contributed by atoms with Gasteiger partial charge in [0.15, 0.2) is 0 Å². The molecule has 2 amide bonds. The van der Waals surface area contributed by atoms with Crippen LogP contribution in [0.4, 0.5) is 5.69 Å². The molecule has 0 spiro atoms. The van der Waals surface area contributed by atoms with Gasteiger partial charge in [0.2, 0.25) is 11.8 Å². The van der Waals surface area contributed by atoms with E-state index in [9.17, 15) is 9.59 Å². The van der Waals surface area contributed by atoms with Crippen molar-refractivity contribution in [3.8, 4) is 0 Å². The number of hydrogen-bond acceptors (Lipinski definition) is 5. The van der Waals surface area contributed by atoms with E-state index in [1.807, 2.05) is 29.2 Å². The number of hydrogen-bond donors (Lipinski definition) is 2. The third-order valence-corrected chi connectivity index (χ3v) is 4.06. The molecule has 1 fully saturated rings. The first-order valence-electron chi connectivity index (χ1n) is 8.18. The van der Waals surface area contributed by atoms with Gasteiger partial charge in [0.25, 0.3) is 0 Å². The van der Waals surface area contributed by atoms with Crippen molar-refractivity contribution in [2.75, 3.05) is 58.7 Å². The normalized spacial score (nSPS) is 14.1. The summed E-state index contributed by atoms with van der Waals surface area (Å²) in [5.74, 6) is 0.109. The van der Waals surface area contributed by atoms with Crippen LogP contribution in [0.25, 0.3) is 0 Å². The Hall–Kier alpha value is -1.54. The largest absolute Gasteiger partial charge is 0.399 e. The SMILES string of the molecule is COCCNC(=O)CN1CCN(C(=O)Cc2ccc(N)cc2)CC1.Cl.Cl. The molecule has 3 N–H and O–H groups in total. The molecule has 1 aliphatic rings. The van der Waals surface area contributed by atoms with Crippen molar-refractivity contribution in [2.24, 2.45) is 0 Å². The third-order valence-electron chi connectivity index (χ3n) is 4.06.